The van der Waals surface area contributed by atoms with Crippen molar-refractivity contribution in [3.63, 3.8) is 0 Å². The van der Waals surface area contributed by atoms with E-state index in [1.807, 2.05) is 0 Å². The molecular weight excluding hydrogens is 256 g/mol. The van der Waals surface area contributed by atoms with Crippen molar-refractivity contribution in [2.45, 2.75) is 78.7 Å². The Hall–Kier alpha value is -0.0800. The van der Waals surface area contributed by atoms with E-state index in [1.54, 1.807) is 0 Å². The Kier molecular flexibility index (Phi) is 8.89. The maximum absolute atomic E-state index is 2.64. The molecule has 1 saturated carbocycles. The molecule has 126 valence electrons. The van der Waals surface area contributed by atoms with Gasteiger partial charge in [-0.2, -0.15) is 0 Å². The minimum Gasteiger partial charge on any atom is -0.297 e. The molecule has 2 nitrogen and oxygen atoms in total. The summed E-state index contributed by atoms with van der Waals surface area (Å²) in [7, 11) is 4.36. The lowest BCUT2D eigenvalue weighted by molar-refractivity contribution is 0.126. The van der Waals surface area contributed by atoms with Crippen LogP contribution in [-0.4, -0.2) is 43.2 Å². The topological polar surface area (TPSA) is 6.48 Å². The predicted octanol–water partition coefficient (Wildman–Crippen LogP) is 4.85. The summed E-state index contributed by atoms with van der Waals surface area (Å²) in [6.45, 7) is 11.8. The van der Waals surface area contributed by atoms with Gasteiger partial charge < -0.3 is 0 Å². The van der Waals surface area contributed by atoms with Gasteiger partial charge in [0.15, 0.2) is 0 Å². The molecule has 21 heavy (non-hydrogen) atoms. The summed E-state index contributed by atoms with van der Waals surface area (Å²) in [4.78, 5) is 4.94. The Labute approximate surface area is 134 Å². The van der Waals surface area contributed by atoms with Gasteiger partial charge in [-0.25, -0.2) is 0 Å². The monoisotopic (exact) mass is 296 g/mol. The van der Waals surface area contributed by atoms with Crippen LogP contribution < -0.4 is 0 Å². The summed E-state index contributed by atoms with van der Waals surface area (Å²) < 4.78 is 0. The highest BCUT2D eigenvalue weighted by atomic mass is 15.3. The van der Waals surface area contributed by atoms with Crippen LogP contribution in [0.3, 0.4) is 0 Å². The molecule has 0 aromatic rings. The van der Waals surface area contributed by atoms with Crippen molar-refractivity contribution < 1.29 is 0 Å². The summed E-state index contributed by atoms with van der Waals surface area (Å²) in [5.74, 6) is 3.09. The lowest BCUT2D eigenvalue weighted by Crippen LogP contribution is -2.40. The van der Waals surface area contributed by atoms with E-state index in [-0.39, 0.29) is 0 Å². The van der Waals surface area contributed by atoms with E-state index < -0.39 is 0 Å². The predicted molar refractivity (Wildman–Crippen MR) is 94.5 cm³/mol. The first-order valence-electron chi connectivity index (χ1n) is 9.36. The van der Waals surface area contributed by atoms with Crippen molar-refractivity contribution in [2.75, 3.05) is 27.3 Å². The molecule has 4 unspecified atom stereocenters. The highest BCUT2D eigenvalue weighted by molar-refractivity contribution is 4.85. The van der Waals surface area contributed by atoms with Crippen LogP contribution in [-0.2, 0) is 0 Å². The normalized spacial score (nSPS) is 24.6. The molecule has 0 saturated heterocycles. The Bertz CT molecular complexity index is 264. The molecule has 0 radical (unpaired) electrons. The lowest BCUT2D eigenvalue weighted by atomic mass is 9.97. The molecule has 0 heterocycles. The molecule has 0 N–H and O–H groups in total. The molecule has 1 aliphatic carbocycles. The zero-order valence-corrected chi connectivity index (χ0v) is 15.6. The smallest absolute Gasteiger partial charge is 0.0503 e. The first-order valence-corrected chi connectivity index (χ1v) is 9.36. The first-order chi connectivity index (χ1) is 9.97. The van der Waals surface area contributed by atoms with Crippen molar-refractivity contribution >= 4 is 0 Å². The molecule has 0 aromatic heterocycles. The van der Waals surface area contributed by atoms with E-state index in [9.17, 15) is 0 Å². The summed E-state index contributed by atoms with van der Waals surface area (Å²) in [6.07, 6.45) is 9.90. The van der Waals surface area contributed by atoms with Crippen molar-refractivity contribution in [3.05, 3.63) is 0 Å². The van der Waals surface area contributed by atoms with Crippen LogP contribution in [0.2, 0.25) is 0 Å². The molecule has 1 rings (SSSR count). The van der Waals surface area contributed by atoms with Gasteiger partial charge in [0.1, 0.15) is 0 Å². The van der Waals surface area contributed by atoms with Crippen LogP contribution >= 0.6 is 0 Å². The fourth-order valence-electron chi connectivity index (χ4n) is 3.50. The second-order valence-corrected chi connectivity index (χ2v) is 7.78. The zero-order chi connectivity index (χ0) is 15.8. The SMILES string of the molecule is CCC1CC1CCC(C)CCCN(CN(C)C)C(C)CC. The minimum absolute atomic E-state index is 0.708. The van der Waals surface area contributed by atoms with Crippen LogP contribution in [0.1, 0.15) is 72.6 Å². The number of hydrogen-bond acceptors (Lipinski definition) is 2. The molecule has 1 aliphatic rings. The molecule has 4 atom stereocenters. The third kappa shape index (κ3) is 7.65. The van der Waals surface area contributed by atoms with E-state index in [0.29, 0.717) is 6.04 Å². The zero-order valence-electron chi connectivity index (χ0n) is 15.6. The second kappa shape index (κ2) is 9.84. The number of hydrogen-bond donors (Lipinski definition) is 0. The third-order valence-corrected chi connectivity index (χ3v) is 5.44. The molecule has 1 fully saturated rings. The molecule has 0 amide bonds. The minimum atomic E-state index is 0.708. The Balaban J connectivity index is 2.14. The van der Waals surface area contributed by atoms with Crippen LogP contribution in [0.4, 0.5) is 0 Å². The summed E-state index contributed by atoms with van der Waals surface area (Å²) in [5.41, 5.74) is 0. The Morgan fingerprint density at radius 3 is 2.29 bits per heavy atom. The van der Waals surface area contributed by atoms with Crippen molar-refractivity contribution in [1.82, 2.24) is 9.80 Å². The van der Waals surface area contributed by atoms with E-state index in [2.05, 4.69) is 51.6 Å². The summed E-state index contributed by atoms with van der Waals surface area (Å²) in [6, 6.07) is 0.708. The van der Waals surface area contributed by atoms with Gasteiger partial charge >= 0.3 is 0 Å². The van der Waals surface area contributed by atoms with Crippen molar-refractivity contribution in [1.29, 1.82) is 0 Å². The summed E-state index contributed by atoms with van der Waals surface area (Å²) in [5, 5.41) is 0. The summed E-state index contributed by atoms with van der Waals surface area (Å²) >= 11 is 0. The van der Waals surface area contributed by atoms with E-state index in [0.717, 1.165) is 24.4 Å². The van der Waals surface area contributed by atoms with Gasteiger partial charge in [0, 0.05) is 6.04 Å². The fourth-order valence-corrected chi connectivity index (χ4v) is 3.50. The average molecular weight is 297 g/mol. The van der Waals surface area contributed by atoms with Gasteiger partial charge in [-0.3, -0.25) is 9.80 Å². The highest BCUT2D eigenvalue weighted by Gasteiger charge is 2.34. The average Bonchev–Trinajstić information content (AvgIpc) is 3.21. The largest absolute Gasteiger partial charge is 0.297 e. The lowest BCUT2D eigenvalue weighted by Gasteiger charge is -2.31. The van der Waals surface area contributed by atoms with E-state index >= 15 is 0 Å². The van der Waals surface area contributed by atoms with Gasteiger partial charge in [0.05, 0.1) is 6.67 Å². The first kappa shape index (κ1) is 19.0. The molecule has 0 aliphatic heterocycles. The van der Waals surface area contributed by atoms with Crippen LogP contribution in [0.15, 0.2) is 0 Å². The fraction of sp³-hybridized carbons (Fsp3) is 1.00. The van der Waals surface area contributed by atoms with Crippen LogP contribution in [0, 0.1) is 17.8 Å². The molecule has 0 bridgehead atoms. The molecular formula is C19H40N2. The van der Waals surface area contributed by atoms with Gasteiger partial charge in [0.2, 0.25) is 0 Å². The van der Waals surface area contributed by atoms with Gasteiger partial charge in [-0.1, -0.05) is 33.6 Å². The standard InChI is InChI=1S/C19H40N2/c1-7-17(4)21(15-20(5)6)13-9-10-16(3)11-12-19-14-18(19)8-2/h16-19H,7-15H2,1-6H3. The van der Waals surface area contributed by atoms with Crippen LogP contribution in [0.25, 0.3) is 0 Å². The second-order valence-electron chi connectivity index (χ2n) is 7.78. The molecule has 2 heteroatoms. The van der Waals surface area contributed by atoms with Gasteiger partial charge in [0.25, 0.3) is 0 Å². The van der Waals surface area contributed by atoms with Crippen molar-refractivity contribution in [3.8, 4) is 0 Å². The maximum Gasteiger partial charge on any atom is 0.0503 e. The van der Waals surface area contributed by atoms with Crippen LogP contribution in [0.5, 0.6) is 0 Å². The Morgan fingerprint density at radius 2 is 1.76 bits per heavy atom. The number of nitrogens with zero attached hydrogens (tertiary/aromatic N) is 2. The highest BCUT2D eigenvalue weighted by Crippen LogP contribution is 2.44. The molecule has 0 spiro atoms. The van der Waals surface area contributed by atoms with Gasteiger partial charge in [-0.05, 0) is 77.4 Å². The maximum atomic E-state index is 2.64. The van der Waals surface area contributed by atoms with E-state index in [4.69, 9.17) is 0 Å². The van der Waals surface area contributed by atoms with Gasteiger partial charge in [-0.15, -0.1) is 0 Å². The van der Waals surface area contributed by atoms with E-state index in [1.165, 1.54) is 51.5 Å². The molecule has 0 aromatic carbocycles. The quantitative estimate of drug-likeness (QED) is 0.475. The Morgan fingerprint density at radius 1 is 1.05 bits per heavy atom. The third-order valence-electron chi connectivity index (χ3n) is 5.44. The van der Waals surface area contributed by atoms with Crippen molar-refractivity contribution in [2.24, 2.45) is 17.8 Å². The number of rotatable bonds is 12.